The number of nitrogens with one attached hydrogen (secondary N) is 1. The maximum atomic E-state index is 12.7. The SMILES string of the molecule is COc1ccc(OC)c([C@H](C)NC(=O)CN2CCN([C@H](C)c3nc4ccccc4s3)CC2)c1. The van der Waals surface area contributed by atoms with Gasteiger partial charge in [0.2, 0.25) is 5.91 Å². The molecule has 8 heteroatoms. The number of carbonyl (C=O) groups is 1. The smallest absolute Gasteiger partial charge is 0.234 e. The summed E-state index contributed by atoms with van der Waals surface area (Å²) in [4.78, 5) is 22.2. The van der Waals surface area contributed by atoms with E-state index >= 15 is 0 Å². The first-order valence-corrected chi connectivity index (χ1v) is 12.1. The number of para-hydroxylation sites is 1. The van der Waals surface area contributed by atoms with E-state index in [1.807, 2.05) is 31.2 Å². The van der Waals surface area contributed by atoms with Gasteiger partial charge < -0.3 is 14.8 Å². The van der Waals surface area contributed by atoms with Crippen LogP contribution in [-0.4, -0.2) is 67.6 Å². The van der Waals surface area contributed by atoms with Crippen molar-refractivity contribution in [3.63, 3.8) is 0 Å². The van der Waals surface area contributed by atoms with Crippen molar-refractivity contribution in [1.82, 2.24) is 20.1 Å². The van der Waals surface area contributed by atoms with Crippen LogP contribution in [0.4, 0.5) is 0 Å². The summed E-state index contributed by atoms with van der Waals surface area (Å²) in [6.07, 6.45) is 0. The maximum Gasteiger partial charge on any atom is 0.234 e. The van der Waals surface area contributed by atoms with Gasteiger partial charge in [0.05, 0.1) is 43.1 Å². The summed E-state index contributed by atoms with van der Waals surface area (Å²) in [6.45, 7) is 8.14. The van der Waals surface area contributed by atoms with Crippen molar-refractivity contribution in [3.8, 4) is 11.5 Å². The number of piperazine rings is 1. The van der Waals surface area contributed by atoms with E-state index in [0.717, 1.165) is 53.8 Å². The molecule has 2 atom stereocenters. The van der Waals surface area contributed by atoms with Crippen molar-refractivity contribution in [2.45, 2.75) is 25.9 Å². The number of ether oxygens (including phenoxy) is 2. The molecule has 1 saturated heterocycles. The predicted octanol–water partition coefficient (Wildman–Crippen LogP) is 3.87. The first-order chi connectivity index (χ1) is 16.0. The summed E-state index contributed by atoms with van der Waals surface area (Å²) < 4.78 is 12.0. The zero-order chi connectivity index (χ0) is 23.4. The molecule has 1 N–H and O–H groups in total. The first kappa shape index (κ1) is 23.5. The molecule has 1 amide bonds. The maximum absolute atomic E-state index is 12.7. The summed E-state index contributed by atoms with van der Waals surface area (Å²) in [7, 11) is 3.26. The van der Waals surface area contributed by atoms with E-state index in [1.165, 1.54) is 4.70 Å². The molecular weight excluding hydrogens is 436 g/mol. The van der Waals surface area contributed by atoms with Gasteiger partial charge in [-0.05, 0) is 44.2 Å². The normalized spacial score (nSPS) is 17.0. The lowest BCUT2D eigenvalue weighted by atomic mass is 10.1. The number of carbonyl (C=O) groups excluding carboxylic acids is 1. The lowest BCUT2D eigenvalue weighted by molar-refractivity contribution is -0.123. The number of hydrogen-bond donors (Lipinski definition) is 1. The van der Waals surface area contributed by atoms with Crippen LogP contribution in [0.15, 0.2) is 42.5 Å². The molecule has 0 saturated carbocycles. The molecule has 1 aliphatic heterocycles. The third-order valence-corrected chi connectivity index (χ3v) is 7.48. The molecule has 2 aromatic carbocycles. The zero-order valence-electron chi connectivity index (χ0n) is 19.7. The minimum Gasteiger partial charge on any atom is -0.497 e. The number of fused-ring (bicyclic) bond motifs is 1. The second kappa shape index (κ2) is 10.5. The Kier molecular flexibility index (Phi) is 7.47. The highest BCUT2D eigenvalue weighted by molar-refractivity contribution is 7.18. The summed E-state index contributed by atoms with van der Waals surface area (Å²) in [5, 5.41) is 4.26. The highest BCUT2D eigenvalue weighted by Crippen LogP contribution is 2.31. The zero-order valence-corrected chi connectivity index (χ0v) is 20.5. The van der Waals surface area contributed by atoms with E-state index in [1.54, 1.807) is 25.6 Å². The van der Waals surface area contributed by atoms with Crippen LogP contribution in [0, 0.1) is 0 Å². The van der Waals surface area contributed by atoms with Crippen LogP contribution in [0.5, 0.6) is 11.5 Å². The van der Waals surface area contributed by atoms with Gasteiger partial charge in [-0.15, -0.1) is 11.3 Å². The van der Waals surface area contributed by atoms with Crippen molar-refractivity contribution >= 4 is 27.5 Å². The quantitative estimate of drug-likeness (QED) is 0.541. The Morgan fingerprint density at radius 3 is 2.55 bits per heavy atom. The van der Waals surface area contributed by atoms with Crippen LogP contribution >= 0.6 is 11.3 Å². The number of thiazole rings is 1. The van der Waals surface area contributed by atoms with Gasteiger partial charge in [-0.3, -0.25) is 14.6 Å². The fraction of sp³-hybridized carbons (Fsp3) is 0.440. The summed E-state index contributed by atoms with van der Waals surface area (Å²) in [6, 6.07) is 14.0. The Labute approximate surface area is 199 Å². The van der Waals surface area contributed by atoms with Gasteiger partial charge in [-0.25, -0.2) is 4.98 Å². The Hall–Kier alpha value is -2.68. The second-order valence-electron chi connectivity index (χ2n) is 8.41. The third-order valence-electron chi connectivity index (χ3n) is 6.27. The summed E-state index contributed by atoms with van der Waals surface area (Å²) >= 11 is 1.77. The number of amides is 1. The van der Waals surface area contributed by atoms with Gasteiger partial charge in [-0.1, -0.05) is 12.1 Å². The average Bonchev–Trinajstić information content (AvgIpc) is 3.28. The van der Waals surface area contributed by atoms with Crippen molar-refractivity contribution < 1.29 is 14.3 Å². The molecule has 0 radical (unpaired) electrons. The fourth-order valence-corrected chi connectivity index (χ4v) is 5.33. The first-order valence-electron chi connectivity index (χ1n) is 11.3. The van der Waals surface area contributed by atoms with Crippen LogP contribution in [0.25, 0.3) is 10.2 Å². The van der Waals surface area contributed by atoms with E-state index in [0.29, 0.717) is 6.54 Å². The number of nitrogens with zero attached hydrogens (tertiary/aromatic N) is 3. The Balaban J connectivity index is 1.29. The predicted molar refractivity (Wildman–Crippen MR) is 132 cm³/mol. The van der Waals surface area contributed by atoms with Crippen LogP contribution in [0.1, 0.15) is 36.5 Å². The standard InChI is InChI=1S/C25H32N4O3S/c1-17(20-15-19(31-3)9-10-22(20)32-4)26-24(30)16-28-11-13-29(14-12-28)18(2)25-27-21-7-5-6-8-23(21)33-25/h5-10,15,17-18H,11-14,16H2,1-4H3,(H,26,30)/t17-,18+/m0/s1. The van der Waals surface area contributed by atoms with Crippen molar-refractivity contribution in [3.05, 3.63) is 53.0 Å². The Morgan fingerprint density at radius 2 is 1.85 bits per heavy atom. The highest BCUT2D eigenvalue weighted by atomic mass is 32.1. The lowest BCUT2D eigenvalue weighted by Crippen LogP contribution is -2.50. The van der Waals surface area contributed by atoms with E-state index in [9.17, 15) is 4.79 Å². The van der Waals surface area contributed by atoms with Gasteiger partial charge in [-0.2, -0.15) is 0 Å². The third kappa shape index (κ3) is 5.46. The topological polar surface area (TPSA) is 66.9 Å². The minimum atomic E-state index is -0.178. The average molecular weight is 469 g/mol. The van der Waals surface area contributed by atoms with Gasteiger partial charge >= 0.3 is 0 Å². The molecule has 0 unspecified atom stereocenters. The molecule has 3 aromatic rings. The monoisotopic (exact) mass is 468 g/mol. The van der Waals surface area contributed by atoms with Gasteiger partial charge in [0.25, 0.3) is 0 Å². The van der Waals surface area contributed by atoms with Gasteiger partial charge in [0, 0.05) is 31.7 Å². The van der Waals surface area contributed by atoms with Crippen LogP contribution in [-0.2, 0) is 4.79 Å². The Morgan fingerprint density at radius 1 is 1.09 bits per heavy atom. The number of methoxy groups -OCH3 is 2. The lowest BCUT2D eigenvalue weighted by Gasteiger charge is -2.37. The van der Waals surface area contributed by atoms with Crippen molar-refractivity contribution in [1.29, 1.82) is 0 Å². The largest absolute Gasteiger partial charge is 0.497 e. The van der Waals surface area contributed by atoms with Crippen LogP contribution in [0.2, 0.25) is 0 Å². The van der Waals surface area contributed by atoms with Gasteiger partial charge in [0.1, 0.15) is 16.5 Å². The summed E-state index contributed by atoms with van der Waals surface area (Å²) in [5.41, 5.74) is 1.97. The molecule has 1 fully saturated rings. The molecule has 2 heterocycles. The highest BCUT2D eigenvalue weighted by Gasteiger charge is 2.25. The molecule has 7 nitrogen and oxygen atoms in total. The minimum absolute atomic E-state index is 0.0139. The van der Waals surface area contributed by atoms with Crippen LogP contribution < -0.4 is 14.8 Å². The molecule has 0 spiro atoms. The molecule has 1 aromatic heterocycles. The van der Waals surface area contributed by atoms with E-state index in [2.05, 4.69) is 40.2 Å². The molecule has 0 aliphatic carbocycles. The molecule has 1 aliphatic rings. The molecule has 0 bridgehead atoms. The molecular formula is C25H32N4O3S. The van der Waals surface area contributed by atoms with E-state index in [-0.39, 0.29) is 18.0 Å². The van der Waals surface area contributed by atoms with E-state index in [4.69, 9.17) is 14.5 Å². The number of rotatable bonds is 8. The fourth-order valence-electron chi connectivity index (χ4n) is 4.28. The number of hydrogen-bond acceptors (Lipinski definition) is 7. The number of benzene rings is 2. The Bertz CT molecular complexity index is 1060. The van der Waals surface area contributed by atoms with Crippen molar-refractivity contribution in [2.24, 2.45) is 0 Å². The van der Waals surface area contributed by atoms with Gasteiger partial charge in [0.15, 0.2) is 0 Å². The molecule has 4 rings (SSSR count). The molecule has 33 heavy (non-hydrogen) atoms. The summed E-state index contributed by atoms with van der Waals surface area (Å²) in [5.74, 6) is 1.49. The molecule has 176 valence electrons. The second-order valence-corrected chi connectivity index (χ2v) is 9.47. The van der Waals surface area contributed by atoms with Crippen LogP contribution in [0.3, 0.4) is 0 Å². The van der Waals surface area contributed by atoms with E-state index < -0.39 is 0 Å². The number of aromatic nitrogens is 1. The van der Waals surface area contributed by atoms with Crippen molar-refractivity contribution in [2.75, 3.05) is 46.9 Å².